The third-order valence-electron chi connectivity index (χ3n) is 3.67. The van der Waals surface area contributed by atoms with Gasteiger partial charge in [0.2, 0.25) is 0 Å². The third-order valence-corrected chi connectivity index (χ3v) is 4.78. The van der Waals surface area contributed by atoms with E-state index >= 15 is 0 Å². The highest BCUT2D eigenvalue weighted by atomic mass is 32.2. The maximum atomic E-state index is 12.3. The van der Waals surface area contributed by atoms with Crippen molar-refractivity contribution in [3.05, 3.63) is 47.5 Å². The molecule has 8 heteroatoms. The molecule has 0 bridgehead atoms. The Balaban J connectivity index is 1.87. The smallest absolute Gasteiger partial charge is 0.179 e. The number of rotatable bonds is 4. The molecule has 3 rings (SSSR count). The van der Waals surface area contributed by atoms with E-state index in [2.05, 4.69) is 9.50 Å². The van der Waals surface area contributed by atoms with Gasteiger partial charge < -0.3 is 14.6 Å². The molecule has 1 unspecified atom stereocenters. The van der Waals surface area contributed by atoms with Gasteiger partial charge in [0.05, 0.1) is 20.4 Å². The molecular weight excluding hydrogens is 342 g/mol. The number of benzene rings is 2. The molecule has 2 aromatic rings. The molecule has 0 saturated carbocycles. The molecule has 0 spiro atoms. The summed E-state index contributed by atoms with van der Waals surface area (Å²) in [7, 11) is 3.21. The zero-order chi connectivity index (χ0) is 18.0. The van der Waals surface area contributed by atoms with Crippen LogP contribution in [0.4, 0.5) is 0 Å². The normalized spacial score (nSPS) is 15.8. The number of hydrogen-bond donors (Lipinski definition) is 1. The summed E-state index contributed by atoms with van der Waals surface area (Å²) < 4.78 is 26.8. The standard InChI is InChI=1S/C17H17N3O4S/c1-20(18-10-11-7-8-13(21)15(9-11)24-3)17-12-5-4-6-14(23-2)16(12)25(22)19-17/h4-10,21H,1-3H3/b18-10+. The van der Waals surface area contributed by atoms with Crippen molar-refractivity contribution >= 4 is 23.0 Å². The SMILES string of the molecule is COc1cc(/C=N/N(C)C2=NS(=O)c3c(OC)cccc32)ccc1O. The average Bonchev–Trinajstić information content (AvgIpc) is 2.98. The van der Waals surface area contributed by atoms with E-state index < -0.39 is 11.0 Å². The quantitative estimate of drug-likeness (QED) is 0.668. The second kappa shape index (κ2) is 6.94. The largest absolute Gasteiger partial charge is 0.504 e. The van der Waals surface area contributed by atoms with E-state index in [1.165, 1.54) is 20.3 Å². The van der Waals surface area contributed by atoms with Gasteiger partial charge in [-0.05, 0) is 35.9 Å². The third kappa shape index (κ3) is 3.20. The first-order valence-corrected chi connectivity index (χ1v) is 8.48. The lowest BCUT2D eigenvalue weighted by Gasteiger charge is -2.13. The number of hydrazone groups is 1. The number of nitrogens with zero attached hydrogens (tertiary/aromatic N) is 3. The number of fused-ring (bicyclic) bond motifs is 1. The molecule has 0 aliphatic carbocycles. The van der Waals surface area contributed by atoms with Gasteiger partial charge in [-0.3, -0.25) is 0 Å². The van der Waals surface area contributed by atoms with Crippen LogP contribution in [0.15, 0.2) is 50.8 Å². The number of phenols is 1. The highest BCUT2D eigenvalue weighted by molar-refractivity contribution is 7.84. The van der Waals surface area contributed by atoms with E-state index in [1.54, 1.807) is 36.5 Å². The van der Waals surface area contributed by atoms with E-state index in [0.29, 0.717) is 22.2 Å². The fraction of sp³-hybridized carbons (Fsp3) is 0.176. The predicted octanol–water partition coefficient (Wildman–Crippen LogP) is 2.16. The Kier molecular flexibility index (Phi) is 4.71. The summed E-state index contributed by atoms with van der Waals surface area (Å²) in [6.45, 7) is 0. The van der Waals surface area contributed by atoms with Crippen LogP contribution in [-0.2, 0) is 11.0 Å². The summed E-state index contributed by atoms with van der Waals surface area (Å²) in [5, 5.41) is 15.5. The number of aromatic hydroxyl groups is 1. The van der Waals surface area contributed by atoms with Crippen molar-refractivity contribution in [2.24, 2.45) is 9.50 Å². The van der Waals surface area contributed by atoms with E-state index in [4.69, 9.17) is 9.47 Å². The van der Waals surface area contributed by atoms with Gasteiger partial charge >= 0.3 is 0 Å². The number of hydrogen-bond acceptors (Lipinski definition) is 6. The number of amidine groups is 1. The summed E-state index contributed by atoms with van der Waals surface area (Å²) in [6, 6.07) is 10.3. The van der Waals surface area contributed by atoms with Gasteiger partial charge in [-0.2, -0.15) is 9.50 Å². The summed E-state index contributed by atoms with van der Waals surface area (Å²) >= 11 is 0. The molecule has 2 aromatic carbocycles. The Bertz CT molecular complexity index is 895. The first-order valence-electron chi connectivity index (χ1n) is 7.38. The van der Waals surface area contributed by atoms with Crippen LogP contribution in [0.1, 0.15) is 11.1 Å². The van der Waals surface area contributed by atoms with Crippen LogP contribution in [0.5, 0.6) is 17.2 Å². The first-order chi connectivity index (χ1) is 12.0. The molecule has 7 nitrogen and oxygen atoms in total. The van der Waals surface area contributed by atoms with Gasteiger partial charge in [-0.15, -0.1) is 0 Å². The lowest BCUT2D eigenvalue weighted by atomic mass is 10.2. The molecule has 0 fully saturated rings. The number of ether oxygens (including phenoxy) is 2. The van der Waals surface area contributed by atoms with Crippen LogP contribution in [-0.4, -0.2) is 47.6 Å². The van der Waals surface area contributed by atoms with E-state index in [1.807, 2.05) is 12.1 Å². The maximum absolute atomic E-state index is 12.3. The van der Waals surface area contributed by atoms with Crippen LogP contribution in [0.3, 0.4) is 0 Å². The Morgan fingerprint density at radius 1 is 1.20 bits per heavy atom. The molecule has 1 N–H and O–H groups in total. The van der Waals surface area contributed by atoms with E-state index in [9.17, 15) is 9.32 Å². The summed E-state index contributed by atoms with van der Waals surface area (Å²) in [5.41, 5.74) is 1.47. The molecular formula is C17H17N3O4S. The van der Waals surface area contributed by atoms with Crippen molar-refractivity contribution in [3.8, 4) is 17.2 Å². The Morgan fingerprint density at radius 3 is 2.68 bits per heavy atom. The zero-order valence-electron chi connectivity index (χ0n) is 14.0. The molecule has 1 atom stereocenters. The van der Waals surface area contributed by atoms with Crippen molar-refractivity contribution in [1.82, 2.24) is 5.01 Å². The van der Waals surface area contributed by atoms with Gasteiger partial charge in [0, 0.05) is 12.6 Å². The lowest BCUT2D eigenvalue weighted by Crippen LogP contribution is -2.21. The van der Waals surface area contributed by atoms with Crippen molar-refractivity contribution in [2.75, 3.05) is 21.3 Å². The van der Waals surface area contributed by atoms with Crippen LogP contribution in [0.2, 0.25) is 0 Å². The maximum Gasteiger partial charge on any atom is 0.179 e. The highest BCUT2D eigenvalue weighted by Gasteiger charge is 2.28. The highest BCUT2D eigenvalue weighted by Crippen LogP contribution is 2.32. The minimum atomic E-state index is -1.52. The van der Waals surface area contributed by atoms with E-state index in [-0.39, 0.29) is 5.75 Å². The van der Waals surface area contributed by atoms with Crippen molar-refractivity contribution in [3.63, 3.8) is 0 Å². The number of phenolic OH excluding ortho intramolecular Hbond substituents is 1. The second-order valence-corrected chi connectivity index (χ2v) is 6.29. The Morgan fingerprint density at radius 2 is 1.96 bits per heavy atom. The van der Waals surface area contributed by atoms with Crippen molar-refractivity contribution in [1.29, 1.82) is 0 Å². The molecule has 0 saturated heterocycles. The minimum absolute atomic E-state index is 0.0598. The summed E-state index contributed by atoms with van der Waals surface area (Å²) in [5.74, 6) is 1.45. The summed E-state index contributed by atoms with van der Waals surface area (Å²) in [4.78, 5) is 0.549. The summed E-state index contributed by atoms with van der Waals surface area (Å²) in [6.07, 6.45) is 1.60. The van der Waals surface area contributed by atoms with Gasteiger partial charge in [-0.1, -0.05) is 6.07 Å². The van der Waals surface area contributed by atoms with Crippen LogP contribution < -0.4 is 9.47 Å². The van der Waals surface area contributed by atoms with Crippen LogP contribution in [0, 0.1) is 0 Å². The lowest BCUT2D eigenvalue weighted by molar-refractivity contribution is 0.373. The molecule has 0 amide bonds. The molecule has 130 valence electrons. The predicted molar refractivity (Wildman–Crippen MR) is 96.0 cm³/mol. The van der Waals surface area contributed by atoms with Gasteiger partial charge in [0.25, 0.3) is 0 Å². The van der Waals surface area contributed by atoms with Gasteiger partial charge in [0.15, 0.2) is 28.3 Å². The molecule has 0 aromatic heterocycles. The molecule has 1 aliphatic rings. The van der Waals surface area contributed by atoms with Gasteiger partial charge in [-0.25, -0.2) is 9.22 Å². The van der Waals surface area contributed by atoms with Crippen molar-refractivity contribution < 1.29 is 18.8 Å². The fourth-order valence-electron chi connectivity index (χ4n) is 2.42. The molecule has 0 radical (unpaired) electrons. The monoisotopic (exact) mass is 359 g/mol. The molecule has 25 heavy (non-hydrogen) atoms. The van der Waals surface area contributed by atoms with Crippen LogP contribution in [0.25, 0.3) is 0 Å². The average molecular weight is 359 g/mol. The molecule has 1 aliphatic heterocycles. The van der Waals surface area contributed by atoms with Crippen molar-refractivity contribution in [2.45, 2.75) is 4.90 Å². The first kappa shape index (κ1) is 17.0. The minimum Gasteiger partial charge on any atom is -0.504 e. The van der Waals surface area contributed by atoms with Gasteiger partial charge in [0.1, 0.15) is 10.6 Å². The van der Waals surface area contributed by atoms with E-state index in [0.717, 1.165) is 11.1 Å². The molecule has 1 heterocycles. The second-order valence-electron chi connectivity index (χ2n) is 5.20. The zero-order valence-corrected chi connectivity index (χ0v) is 14.8. The van der Waals surface area contributed by atoms with Crippen LogP contribution >= 0.6 is 0 Å². The fourth-order valence-corrected chi connectivity index (χ4v) is 3.56. The Hall–Kier alpha value is -2.87. The topological polar surface area (TPSA) is 83.7 Å². The Labute approximate surface area is 147 Å². The number of methoxy groups -OCH3 is 2.